The number of piperazine rings is 1. The number of amides is 1. The van der Waals surface area contributed by atoms with Crippen LogP contribution < -0.4 is 24.4 Å². The van der Waals surface area contributed by atoms with Crippen molar-refractivity contribution in [3.63, 3.8) is 0 Å². The summed E-state index contributed by atoms with van der Waals surface area (Å²) >= 11 is 0. The molecule has 2 aliphatic rings. The number of nitrogens with zero attached hydrogens (tertiary/aromatic N) is 4. The van der Waals surface area contributed by atoms with Gasteiger partial charge in [0.15, 0.2) is 11.5 Å². The van der Waals surface area contributed by atoms with E-state index in [0.29, 0.717) is 35.0 Å². The zero-order valence-electron chi connectivity index (χ0n) is 26.7. The van der Waals surface area contributed by atoms with E-state index in [1.54, 1.807) is 16.8 Å². The molecule has 2 atom stereocenters. The van der Waals surface area contributed by atoms with Gasteiger partial charge >= 0.3 is 0 Å². The van der Waals surface area contributed by atoms with Gasteiger partial charge < -0.3 is 24.3 Å². The number of hydrogen-bond donors (Lipinski definition) is 2. The third kappa shape index (κ3) is 6.36. The Balaban J connectivity index is 0.00000417. The van der Waals surface area contributed by atoms with Gasteiger partial charge in [-0.15, -0.1) is 0 Å². The van der Waals surface area contributed by atoms with Crippen LogP contribution in [-0.2, 0) is 22.5 Å². The molecule has 2 N–H and O–H groups in total. The molecule has 0 aliphatic carbocycles. The maximum Gasteiger partial charge on any atom is 0.272 e. The number of carbonyl (C=O) groups excluding carboxylic acids is 1. The van der Waals surface area contributed by atoms with Crippen LogP contribution in [0.25, 0.3) is 10.9 Å². The summed E-state index contributed by atoms with van der Waals surface area (Å²) in [5, 5.41) is 3.80. The zero-order chi connectivity index (χ0) is 32.3. The van der Waals surface area contributed by atoms with Gasteiger partial charge in [0.1, 0.15) is 17.3 Å². The fraction of sp³-hybridized carbons (Fsp3) is 0.412. The van der Waals surface area contributed by atoms with E-state index in [2.05, 4.69) is 31.9 Å². The van der Waals surface area contributed by atoms with Crippen molar-refractivity contribution in [3.8, 4) is 17.2 Å². The predicted molar refractivity (Wildman–Crippen MR) is 184 cm³/mol. The smallest absolute Gasteiger partial charge is 0.272 e. The third-order valence-corrected chi connectivity index (χ3v) is 9.30. The van der Waals surface area contributed by atoms with Crippen molar-refractivity contribution in [1.82, 2.24) is 14.5 Å². The first-order chi connectivity index (χ1) is 21.2. The number of carbonyl (C=O) groups is 1. The van der Waals surface area contributed by atoms with E-state index in [1.165, 1.54) is 7.11 Å². The summed E-state index contributed by atoms with van der Waals surface area (Å²) in [5.74, 6) is 2.03. The van der Waals surface area contributed by atoms with Crippen molar-refractivity contribution < 1.29 is 22.7 Å². The van der Waals surface area contributed by atoms with Crippen LogP contribution in [0.2, 0.25) is 0 Å². The Morgan fingerprint density at radius 2 is 1.76 bits per heavy atom. The average Bonchev–Trinajstić information content (AvgIpc) is 3.64. The molecule has 4 aromatic rings. The minimum Gasteiger partial charge on any atom is -0.492 e. The molecule has 2 aliphatic heterocycles. The van der Waals surface area contributed by atoms with Crippen LogP contribution in [0.4, 0.5) is 17.2 Å². The largest absolute Gasteiger partial charge is 0.492 e. The van der Waals surface area contributed by atoms with E-state index in [9.17, 15) is 13.2 Å². The second-order valence-corrected chi connectivity index (χ2v) is 14.8. The van der Waals surface area contributed by atoms with E-state index in [1.807, 2.05) is 70.3 Å². The first kappa shape index (κ1) is 33.1. The molecule has 46 heavy (non-hydrogen) atoms. The second kappa shape index (κ2) is 12.1. The van der Waals surface area contributed by atoms with Crippen LogP contribution in [0.15, 0.2) is 54.7 Å². The number of methoxy groups -OCH3 is 1. The van der Waals surface area contributed by atoms with Crippen molar-refractivity contribution in [2.24, 2.45) is 7.05 Å². The molecule has 11 nitrogen and oxygen atoms in total. The Bertz CT molecular complexity index is 1900. The number of likely N-dealkylation sites (N-methyl/N-ethyl adjacent to an activating group) is 1. The Hall–Kier alpha value is -4.29. The lowest BCUT2D eigenvalue weighted by molar-refractivity contribution is 0.101. The molecule has 0 unspecified atom stereocenters. The van der Waals surface area contributed by atoms with Crippen LogP contribution in [-0.4, -0.2) is 74.4 Å². The molecule has 2 saturated heterocycles. The second-order valence-electron chi connectivity index (χ2n) is 13.1. The van der Waals surface area contributed by atoms with Gasteiger partial charge in [-0.2, -0.15) is 0 Å². The molecule has 246 valence electrons. The molecule has 0 radical (unpaired) electrons. The topological polar surface area (TPSA) is 118 Å². The summed E-state index contributed by atoms with van der Waals surface area (Å²) in [5.41, 5.74) is 2.26. The summed E-state index contributed by atoms with van der Waals surface area (Å²) < 4.78 is 40.6. The van der Waals surface area contributed by atoms with Gasteiger partial charge in [-0.05, 0) is 54.8 Å². The average molecular weight is 649 g/mol. The normalized spacial score (nSPS) is 18.0. The number of para-hydroxylation sites is 1. The Kier molecular flexibility index (Phi) is 8.73. The molecule has 2 fully saturated rings. The number of pyridine rings is 1. The summed E-state index contributed by atoms with van der Waals surface area (Å²) in [6, 6.07) is 15.9. The fourth-order valence-corrected chi connectivity index (χ4v) is 6.96. The van der Waals surface area contributed by atoms with Gasteiger partial charge in [0, 0.05) is 49.9 Å². The van der Waals surface area contributed by atoms with Crippen molar-refractivity contribution in [2.45, 2.75) is 52.1 Å². The number of hydrogen-bond acceptors (Lipinski definition) is 8. The predicted octanol–water partition coefficient (Wildman–Crippen LogP) is 5.82. The monoisotopic (exact) mass is 648 g/mol. The molecule has 1 amide bonds. The first-order valence-corrected chi connectivity index (χ1v) is 16.8. The van der Waals surface area contributed by atoms with Gasteiger partial charge in [-0.3, -0.25) is 14.4 Å². The molecule has 6 rings (SSSR count). The van der Waals surface area contributed by atoms with E-state index < -0.39 is 10.0 Å². The number of anilines is 3. The number of nitrogens with one attached hydrogen (secondary N) is 2. The number of aryl methyl sites for hydroxylation is 1. The maximum atomic E-state index is 13.8. The molecule has 12 heteroatoms. The van der Waals surface area contributed by atoms with Crippen LogP contribution in [0, 0.1) is 0 Å². The van der Waals surface area contributed by atoms with Crippen molar-refractivity contribution in [2.75, 3.05) is 48.4 Å². The van der Waals surface area contributed by atoms with Crippen LogP contribution in [0.3, 0.4) is 0 Å². The minimum atomic E-state index is -3.61. The lowest BCUT2D eigenvalue weighted by Crippen LogP contribution is -2.44. The highest BCUT2D eigenvalue weighted by Crippen LogP contribution is 2.40. The first-order valence-electron chi connectivity index (χ1n) is 14.9. The minimum absolute atomic E-state index is 0. The van der Waals surface area contributed by atoms with E-state index in [-0.39, 0.29) is 30.2 Å². The SMILES string of the molecule is C.COc1c(NC(=O)c2cc3cccc(Oc4ccnc(N5C[C@@H]6C[C@H]5CN6C)c4)c3n2C)cc(C(C)(C)C)cc1NS(C)(=O)=O. The highest BCUT2D eigenvalue weighted by Gasteiger charge is 2.42. The Morgan fingerprint density at radius 3 is 2.39 bits per heavy atom. The van der Waals surface area contributed by atoms with Gasteiger partial charge in [-0.25, -0.2) is 13.4 Å². The molecule has 0 spiro atoms. The van der Waals surface area contributed by atoms with Crippen molar-refractivity contribution in [1.29, 1.82) is 0 Å². The molecular weight excluding hydrogens is 604 g/mol. The Labute approximate surface area is 271 Å². The number of aromatic nitrogens is 2. The highest BCUT2D eigenvalue weighted by atomic mass is 32.2. The quantitative estimate of drug-likeness (QED) is 0.245. The fourth-order valence-electron chi connectivity index (χ4n) is 6.41. The van der Waals surface area contributed by atoms with Crippen molar-refractivity contribution >= 4 is 44.0 Å². The molecule has 4 heterocycles. The van der Waals surface area contributed by atoms with Crippen LogP contribution in [0.5, 0.6) is 17.2 Å². The van der Waals surface area contributed by atoms with E-state index in [4.69, 9.17) is 9.47 Å². The number of ether oxygens (including phenoxy) is 2. The maximum absolute atomic E-state index is 13.8. The molecule has 2 aromatic carbocycles. The third-order valence-electron chi connectivity index (χ3n) is 8.71. The van der Waals surface area contributed by atoms with Gasteiger partial charge in [-0.1, -0.05) is 40.3 Å². The number of sulfonamides is 1. The number of benzene rings is 2. The highest BCUT2D eigenvalue weighted by molar-refractivity contribution is 7.92. The summed E-state index contributed by atoms with van der Waals surface area (Å²) in [7, 11) is 1.83. The lowest BCUT2D eigenvalue weighted by atomic mass is 9.86. The number of rotatable bonds is 8. The van der Waals surface area contributed by atoms with Gasteiger partial charge in [0.25, 0.3) is 5.91 Å². The molecule has 2 aromatic heterocycles. The van der Waals surface area contributed by atoms with Gasteiger partial charge in [0.05, 0.1) is 30.3 Å². The van der Waals surface area contributed by atoms with E-state index in [0.717, 1.165) is 48.1 Å². The summed E-state index contributed by atoms with van der Waals surface area (Å²) in [4.78, 5) is 23.2. The lowest BCUT2D eigenvalue weighted by Gasteiger charge is -2.32. The van der Waals surface area contributed by atoms with Crippen molar-refractivity contribution in [3.05, 3.63) is 66.0 Å². The summed E-state index contributed by atoms with van der Waals surface area (Å²) in [6.45, 7) is 8.02. The molecule has 0 saturated carbocycles. The van der Waals surface area contributed by atoms with Gasteiger partial charge in [0.2, 0.25) is 10.0 Å². The molecule has 2 bridgehead atoms. The Morgan fingerprint density at radius 1 is 1.02 bits per heavy atom. The van der Waals surface area contributed by atoms with Crippen LogP contribution >= 0.6 is 0 Å². The number of fused-ring (bicyclic) bond motifs is 3. The van der Waals surface area contributed by atoms with E-state index >= 15 is 0 Å². The standard InChI is InChI=1S/C33H40N6O5S.CH4/c1-33(2,3)21-14-25(31(43-6)26(15-21)36-45(7,41)42)35-32(40)27-13-20-9-8-10-28(30(20)38(27)5)44-24-11-12-34-29(17-24)39-19-22-16-23(39)18-37(22)4;/h8-15,17,22-23,36H,16,18-19H2,1-7H3,(H,35,40);1H4/t22-,23-;/m0./s1. The van der Waals surface area contributed by atoms with Crippen LogP contribution in [0.1, 0.15) is 50.7 Å². The number of likely N-dealkylation sites (tertiary alicyclic amines) is 1. The summed E-state index contributed by atoms with van der Waals surface area (Å²) in [6.07, 6.45) is 4.00. The zero-order valence-corrected chi connectivity index (χ0v) is 27.5. The molecular formula is C34H44N6O5S.